The molecular formula is C12H23NO3. The van der Waals surface area contributed by atoms with E-state index in [1.54, 1.807) is 0 Å². The number of carbonyl (C=O) groups is 1. The molecule has 0 aromatic rings. The molecule has 0 amide bonds. The van der Waals surface area contributed by atoms with E-state index in [9.17, 15) is 4.79 Å². The van der Waals surface area contributed by atoms with Crippen molar-refractivity contribution in [3.05, 3.63) is 0 Å². The van der Waals surface area contributed by atoms with Gasteiger partial charge in [0.25, 0.3) is 0 Å². The summed E-state index contributed by atoms with van der Waals surface area (Å²) in [5, 5.41) is 12.2. The number of carboxylic acids is 1. The van der Waals surface area contributed by atoms with Crippen LogP contribution in [0.4, 0.5) is 0 Å². The van der Waals surface area contributed by atoms with E-state index in [0.717, 1.165) is 32.6 Å². The Morgan fingerprint density at radius 3 is 2.56 bits per heavy atom. The second kappa shape index (κ2) is 6.86. The van der Waals surface area contributed by atoms with Gasteiger partial charge in [0, 0.05) is 13.2 Å². The second-order valence-electron chi connectivity index (χ2n) is 4.98. The molecule has 1 rings (SSSR count). The van der Waals surface area contributed by atoms with Crippen molar-refractivity contribution in [2.24, 2.45) is 11.8 Å². The molecule has 16 heavy (non-hydrogen) atoms. The first-order valence-corrected chi connectivity index (χ1v) is 6.13. The predicted molar refractivity (Wildman–Crippen MR) is 62.4 cm³/mol. The van der Waals surface area contributed by atoms with E-state index in [4.69, 9.17) is 9.84 Å². The van der Waals surface area contributed by atoms with E-state index in [-0.39, 0.29) is 0 Å². The summed E-state index contributed by atoms with van der Waals surface area (Å²) in [6.07, 6.45) is 2.78. The standard InChI is InChI=1S/C12H23NO3/c1-9(2)7-11(12(14)15)13-8-10-3-5-16-6-4-10/h9-11,13H,3-8H2,1-2H3,(H,14,15). The molecule has 0 aromatic carbocycles. The SMILES string of the molecule is CC(C)CC(NCC1CCOCC1)C(=O)O. The van der Waals surface area contributed by atoms with E-state index >= 15 is 0 Å². The van der Waals surface area contributed by atoms with Gasteiger partial charge in [-0.1, -0.05) is 13.8 Å². The molecule has 1 saturated heterocycles. The topological polar surface area (TPSA) is 58.6 Å². The highest BCUT2D eigenvalue weighted by atomic mass is 16.5. The quantitative estimate of drug-likeness (QED) is 0.724. The first kappa shape index (κ1) is 13.5. The lowest BCUT2D eigenvalue weighted by Crippen LogP contribution is -2.41. The zero-order valence-corrected chi connectivity index (χ0v) is 10.2. The first-order valence-electron chi connectivity index (χ1n) is 6.13. The number of rotatable bonds is 6. The van der Waals surface area contributed by atoms with E-state index in [1.807, 2.05) is 13.8 Å². The van der Waals surface area contributed by atoms with Crippen molar-refractivity contribution in [2.75, 3.05) is 19.8 Å². The molecule has 4 nitrogen and oxygen atoms in total. The van der Waals surface area contributed by atoms with Crippen LogP contribution in [0.15, 0.2) is 0 Å². The van der Waals surface area contributed by atoms with Crippen molar-refractivity contribution >= 4 is 5.97 Å². The molecule has 1 aliphatic rings. The van der Waals surface area contributed by atoms with Gasteiger partial charge in [-0.05, 0) is 37.6 Å². The third-order valence-electron chi connectivity index (χ3n) is 3.00. The number of hydrogen-bond donors (Lipinski definition) is 2. The minimum absolute atomic E-state index is 0.400. The Morgan fingerprint density at radius 1 is 1.44 bits per heavy atom. The molecule has 1 unspecified atom stereocenters. The molecule has 0 spiro atoms. The molecule has 1 aliphatic heterocycles. The lowest BCUT2D eigenvalue weighted by atomic mass is 9.98. The minimum Gasteiger partial charge on any atom is -0.480 e. The van der Waals surface area contributed by atoms with Crippen LogP contribution >= 0.6 is 0 Å². The molecule has 94 valence electrons. The molecule has 1 atom stereocenters. The normalized spacial score (nSPS) is 19.9. The largest absolute Gasteiger partial charge is 0.480 e. The van der Waals surface area contributed by atoms with E-state index < -0.39 is 12.0 Å². The van der Waals surface area contributed by atoms with Crippen LogP contribution in [0, 0.1) is 11.8 Å². The third-order valence-corrected chi connectivity index (χ3v) is 3.00. The Bertz CT molecular complexity index is 212. The molecule has 0 radical (unpaired) electrons. The van der Waals surface area contributed by atoms with Crippen LogP contribution in [0.5, 0.6) is 0 Å². The lowest BCUT2D eigenvalue weighted by molar-refractivity contribution is -0.140. The van der Waals surface area contributed by atoms with Crippen molar-refractivity contribution in [1.82, 2.24) is 5.32 Å². The van der Waals surface area contributed by atoms with Crippen LogP contribution in [0.25, 0.3) is 0 Å². The molecule has 0 aromatic heterocycles. The fourth-order valence-corrected chi connectivity index (χ4v) is 2.00. The van der Waals surface area contributed by atoms with Crippen molar-refractivity contribution in [3.8, 4) is 0 Å². The van der Waals surface area contributed by atoms with Crippen molar-refractivity contribution in [2.45, 2.75) is 39.2 Å². The zero-order valence-electron chi connectivity index (χ0n) is 10.2. The number of nitrogens with one attached hydrogen (secondary N) is 1. The van der Waals surface area contributed by atoms with E-state index in [0.29, 0.717) is 18.3 Å². The van der Waals surface area contributed by atoms with Crippen molar-refractivity contribution < 1.29 is 14.6 Å². The van der Waals surface area contributed by atoms with Crippen molar-refractivity contribution in [3.63, 3.8) is 0 Å². The second-order valence-corrected chi connectivity index (χ2v) is 4.98. The fourth-order valence-electron chi connectivity index (χ4n) is 2.00. The zero-order chi connectivity index (χ0) is 12.0. The summed E-state index contributed by atoms with van der Waals surface area (Å²) in [7, 11) is 0. The van der Waals surface area contributed by atoms with Crippen molar-refractivity contribution in [1.29, 1.82) is 0 Å². The van der Waals surface area contributed by atoms with Gasteiger partial charge in [0.2, 0.25) is 0 Å². The molecule has 0 aliphatic carbocycles. The van der Waals surface area contributed by atoms with Crippen LogP contribution in [-0.4, -0.2) is 36.9 Å². The van der Waals surface area contributed by atoms with Gasteiger partial charge in [-0.15, -0.1) is 0 Å². The molecule has 0 saturated carbocycles. The number of aliphatic carboxylic acids is 1. The average molecular weight is 229 g/mol. The van der Waals surface area contributed by atoms with E-state index in [2.05, 4.69) is 5.32 Å². The highest BCUT2D eigenvalue weighted by Crippen LogP contribution is 2.14. The van der Waals surface area contributed by atoms with Crippen LogP contribution in [0.1, 0.15) is 33.1 Å². The first-order chi connectivity index (χ1) is 7.59. The fraction of sp³-hybridized carbons (Fsp3) is 0.917. The highest BCUT2D eigenvalue weighted by molar-refractivity contribution is 5.73. The van der Waals surface area contributed by atoms with Gasteiger partial charge >= 0.3 is 5.97 Å². The molecular weight excluding hydrogens is 206 g/mol. The predicted octanol–water partition coefficient (Wildman–Crippen LogP) is 1.50. The molecule has 1 fully saturated rings. The van der Waals surface area contributed by atoms with Crippen LogP contribution in [0.2, 0.25) is 0 Å². The molecule has 0 bridgehead atoms. The molecule has 1 heterocycles. The maximum absolute atomic E-state index is 11.0. The maximum Gasteiger partial charge on any atom is 0.320 e. The Labute approximate surface area is 97.4 Å². The summed E-state index contributed by atoms with van der Waals surface area (Å²) in [4.78, 5) is 11.0. The number of hydrogen-bond acceptors (Lipinski definition) is 3. The average Bonchev–Trinajstić information content (AvgIpc) is 2.25. The summed E-state index contributed by atoms with van der Waals surface area (Å²) in [5.41, 5.74) is 0. The van der Waals surface area contributed by atoms with Gasteiger partial charge in [0.1, 0.15) is 6.04 Å². The Hall–Kier alpha value is -0.610. The van der Waals surface area contributed by atoms with Crippen LogP contribution < -0.4 is 5.32 Å². The Morgan fingerprint density at radius 2 is 2.06 bits per heavy atom. The highest BCUT2D eigenvalue weighted by Gasteiger charge is 2.21. The van der Waals surface area contributed by atoms with Gasteiger partial charge in [0.05, 0.1) is 0 Å². The molecule has 4 heteroatoms. The summed E-state index contributed by atoms with van der Waals surface area (Å²) in [5.74, 6) is 0.242. The van der Waals surface area contributed by atoms with E-state index in [1.165, 1.54) is 0 Å². The summed E-state index contributed by atoms with van der Waals surface area (Å²) < 4.78 is 5.27. The van der Waals surface area contributed by atoms with Crippen LogP contribution in [-0.2, 0) is 9.53 Å². The van der Waals surface area contributed by atoms with Gasteiger partial charge in [0.15, 0.2) is 0 Å². The Balaban J connectivity index is 2.28. The van der Waals surface area contributed by atoms with Gasteiger partial charge in [-0.2, -0.15) is 0 Å². The van der Waals surface area contributed by atoms with Gasteiger partial charge < -0.3 is 15.2 Å². The van der Waals surface area contributed by atoms with Gasteiger partial charge in [-0.3, -0.25) is 4.79 Å². The molecule has 2 N–H and O–H groups in total. The summed E-state index contributed by atoms with van der Waals surface area (Å²) in [6, 6.07) is -0.400. The number of carboxylic acid groups (broad SMARTS) is 1. The number of ether oxygens (including phenoxy) is 1. The smallest absolute Gasteiger partial charge is 0.320 e. The minimum atomic E-state index is -0.735. The van der Waals surface area contributed by atoms with Crippen LogP contribution in [0.3, 0.4) is 0 Å². The Kier molecular flexibility index (Phi) is 5.77. The maximum atomic E-state index is 11.0. The third kappa shape index (κ3) is 4.94. The summed E-state index contributed by atoms with van der Waals surface area (Å²) in [6.45, 7) is 6.52. The lowest BCUT2D eigenvalue weighted by Gasteiger charge is -2.24. The summed E-state index contributed by atoms with van der Waals surface area (Å²) >= 11 is 0. The van der Waals surface area contributed by atoms with Gasteiger partial charge in [-0.25, -0.2) is 0 Å². The monoisotopic (exact) mass is 229 g/mol.